The molecule has 0 fully saturated rings. The van der Waals surface area contributed by atoms with Crippen molar-refractivity contribution < 1.29 is 9.66 Å². The maximum absolute atomic E-state index is 11.0. The summed E-state index contributed by atoms with van der Waals surface area (Å²) in [4.78, 5) is 14.6. The van der Waals surface area contributed by atoms with Crippen molar-refractivity contribution in [3.05, 3.63) is 40.5 Å². The molecule has 0 aliphatic heterocycles. The molecule has 1 heterocycles. The van der Waals surface area contributed by atoms with Crippen LogP contribution in [-0.4, -0.2) is 25.8 Å². The van der Waals surface area contributed by atoms with Crippen LogP contribution in [0.25, 0.3) is 0 Å². The number of non-ortho nitro benzene ring substituents is 1. The van der Waals surface area contributed by atoms with Crippen molar-refractivity contribution >= 4 is 11.4 Å². The lowest BCUT2D eigenvalue weighted by atomic mass is 10.2. The first-order valence-corrected chi connectivity index (χ1v) is 6.48. The van der Waals surface area contributed by atoms with Crippen LogP contribution in [0.2, 0.25) is 0 Å². The molecule has 1 aromatic heterocycles. The molecule has 2 aromatic rings. The summed E-state index contributed by atoms with van der Waals surface area (Å²) in [6.45, 7) is 4.11. The van der Waals surface area contributed by atoms with Crippen molar-refractivity contribution in [2.45, 2.75) is 26.5 Å². The highest BCUT2D eigenvalue weighted by Crippen LogP contribution is 2.27. The van der Waals surface area contributed by atoms with Gasteiger partial charge in [-0.2, -0.15) is 5.10 Å². The number of aryl methyl sites for hydroxylation is 1. The number of nitrogens with zero attached hydrogens (tertiary/aromatic N) is 4. The van der Waals surface area contributed by atoms with E-state index in [4.69, 9.17) is 4.74 Å². The smallest absolute Gasteiger partial charge is 0.275 e. The second-order valence-electron chi connectivity index (χ2n) is 4.83. The largest absolute Gasteiger partial charge is 0.491 e. The zero-order chi connectivity index (χ0) is 15.4. The zero-order valence-electron chi connectivity index (χ0n) is 12.1. The minimum absolute atomic E-state index is 0.0235. The number of nitrogens with one attached hydrogen (secondary N) is 1. The lowest BCUT2D eigenvalue weighted by Gasteiger charge is -2.11. The number of hydrogen-bond acceptors (Lipinski definition) is 6. The minimum atomic E-state index is -0.447. The van der Waals surface area contributed by atoms with Crippen LogP contribution in [0.15, 0.2) is 24.5 Å². The van der Waals surface area contributed by atoms with E-state index in [0.29, 0.717) is 23.8 Å². The SMILES string of the molecule is CC(C)Oc1cc(NCc2ncn(C)n2)cc([N+](=O)[O-])c1. The van der Waals surface area contributed by atoms with Crippen LogP contribution in [0.1, 0.15) is 19.7 Å². The van der Waals surface area contributed by atoms with Crippen molar-refractivity contribution in [1.82, 2.24) is 14.8 Å². The number of nitro benzene ring substituents is 1. The molecule has 8 heteroatoms. The zero-order valence-corrected chi connectivity index (χ0v) is 12.1. The van der Waals surface area contributed by atoms with E-state index in [2.05, 4.69) is 15.4 Å². The van der Waals surface area contributed by atoms with Crippen LogP contribution < -0.4 is 10.1 Å². The van der Waals surface area contributed by atoms with E-state index >= 15 is 0 Å². The maximum Gasteiger partial charge on any atom is 0.275 e. The van der Waals surface area contributed by atoms with E-state index in [1.165, 1.54) is 12.1 Å². The highest BCUT2D eigenvalue weighted by Gasteiger charge is 2.12. The fourth-order valence-electron chi connectivity index (χ4n) is 1.78. The van der Waals surface area contributed by atoms with Gasteiger partial charge in [0.25, 0.3) is 5.69 Å². The van der Waals surface area contributed by atoms with E-state index in [-0.39, 0.29) is 11.8 Å². The fraction of sp³-hybridized carbons (Fsp3) is 0.385. The Hall–Kier alpha value is -2.64. The highest BCUT2D eigenvalue weighted by atomic mass is 16.6. The van der Waals surface area contributed by atoms with Gasteiger partial charge in [-0.3, -0.25) is 14.8 Å². The van der Waals surface area contributed by atoms with Gasteiger partial charge >= 0.3 is 0 Å². The summed E-state index contributed by atoms with van der Waals surface area (Å²) in [5.41, 5.74) is 0.567. The molecular formula is C13H17N5O3. The second-order valence-corrected chi connectivity index (χ2v) is 4.83. The van der Waals surface area contributed by atoms with Gasteiger partial charge in [0, 0.05) is 24.9 Å². The number of rotatable bonds is 6. The summed E-state index contributed by atoms with van der Waals surface area (Å²) in [6.07, 6.45) is 1.54. The van der Waals surface area contributed by atoms with Crippen LogP contribution >= 0.6 is 0 Å². The standard InChI is InChI=1S/C13H17N5O3/c1-9(2)21-12-5-10(4-11(6-12)18(19)20)14-7-13-15-8-17(3)16-13/h4-6,8-9,14H,7H2,1-3H3. The van der Waals surface area contributed by atoms with Crippen molar-refractivity contribution in [3.8, 4) is 5.75 Å². The first kappa shape index (κ1) is 14.8. The summed E-state index contributed by atoms with van der Waals surface area (Å²) in [5, 5.41) is 18.2. The maximum atomic E-state index is 11.0. The van der Waals surface area contributed by atoms with Crippen molar-refractivity contribution in [1.29, 1.82) is 0 Å². The molecule has 0 unspecified atom stereocenters. The van der Waals surface area contributed by atoms with E-state index < -0.39 is 4.92 Å². The molecule has 21 heavy (non-hydrogen) atoms. The number of anilines is 1. The van der Waals surface area contributed by atoms with E-state index in [1.54, 1.807) is 24.1 Å². The number of benzene rings is 1. The Bertz CT molecular complexity index is 638. The molecule has 0 aliphatic carbocycles. The third-order valence-corrected chi connectivity index (χ3v) is 2.57. The number of aromatic nitrogens is 3. The van der Waals surface area contributed by atoms with Gasteiger partial charge < -0.3 is 10.1 Å². The Balaban J connectivity index is 2.16. The van der Waals surface area contributed by atoms with Gasteiger partial charge in [0.05, 0.1) is 23.6 Å². The Morgan fingerprint density at radius 2 is 2.19 bits per heavy atom. The molecule has 0 radical (unpaired) electrons. The topological polar surface area (TPSA) is 95.1 Å². The summed E-state index contributed by atoms with van der Waals surface area (Å²) in [5.74, 6) is 1.06. The van der Waals surface area contributed by atoms with Crippen molar-refractivity contribution in [2.75, 3.05) is 5.32 Å². The molecular weight excluding hydrogens is 274 g/mol. The van der Waals surface area contributed by atoms with E-state index in [1.807, 2.05) is 13.8 Å². The Kier molecular flexibility index (Phi) is 4.36. The average Bonchev–Trinajstić information content (AvgIpc) is 2.81. The Morgan fingerprint density at radius 3 is 2.76 bits per heavy atom. The van der Waals surface area contributed by atoms with Gasteiger partial charge in [-0.1, -0.05) is 0 Å². The van der Waals surface area contributed by atoms with Gasteiger partial charge in [0.1, 0.15) is 12.1 Å². The molecule has 0 atom stereocenters. The third kappa shape index (κ3) is 4.16. The molecule has 0 amide bonds. The summed E-state index contributed by atoms with van der Waals surface area (Å²) in [6, 6.07) is 4.58. The summed E-state index contributed by atoms with van der Waals surface area (Å²) in [7, 11) is 1.78. The number of nitro groups is 1. The molecule has 1 aromatic carbocycles. The van der Waals surface area contributed by atoms with Gasteiger partial charge in [-0.05, 0) is 13.8 Å². The van der Waals surface area contributed by atoms with Crippen molar-refractivity contribution in [2.24, 2.45) is 7.05 Å². The molecule has 1 N–H and O–H groups in total. The first-order valence-electron chi connectivity index (χ1n) is 6.48. The predicted molar refractivity (Wildman–Crippen MR) is 77.2 cm³/mol. The monoisotopic (exact) mass is 291 g/mol. The van der Waals surface area contributed by atoms with Crippen LogP contribution in [-0.2, 0) is 13.6 Å². The quantitative estimate of drug-likeness (QED) is 0.647. The lowest BCUT2D eigenvalue weighted by Crippen LogP contribution is -2.07. The van der Waals surface area contributed by atoms with Crippen LogP contribution in [0.4, 0.5) is 11.4 Å². The molecule has 0 saturated carbocycles. The van der Waals surface area contributed by atoms with E-state index in [0.717, 1.165) is 0 Å². The van der Waals surface area contributed by atoms with Gasteiger partial charge in [-0.25, -0.2) is 4.98 Å². The summed E-state index contributed by atoms with van der Waals surface area (Å²) < 4.78 is 7.12. The van der Waals surface area contributed by atoms with Gasteiger partial charge in [0.2, 0.25) is 0 Å². The lowest BCUT2D eigenvalue weighted by molar-refractivity contribution is -0.384. The molecule has 0 bridgehead atoms. The van der Waals surface area contributed by atoms with Crippen molar-refractivity contribution in [3.63, 3.8) is 0 Å². The van der Waals surface area contributed by atoms with Crippen LogP contribution in [0, 0.1) is 10.1 Å². The fourth-order valence-corrected chi connectivity index (χ4v) is 1.78. The summed E-state index contributed by atoms with van der Waals surface area (Å²) >= 11 is 0. The molecule has 0 saturated heterocycles. The predicted octanol–water partition coefficient (Wildman–Crippen LogP) is 2.12. The van der Waals surface area contributed by atoms with Gasteiger partial charge in [-0.15, -0.1) is 0 Å². The normalized spacial score (nSPS) is 10.7. The highest BCUT2D eigenvalue weighted by molar-refractivity contribution is 5.56. The Morgan fingerprint density at radius 1 is 1.43 bits per heavy atom. The molecule has 8 nitrogen and oxygen atoms in total. The second kappa shape index (κ2) is 6.21. The number of hydrogen-bond donors (Lipinski definition) is 1. The van der Waals surface area contributed by atoms with Crippen LogP contribution in [0.3, 0.4) is 0 Å². The van der Waals surface area contributed by atoms with E-state index in [9.17, 15) is 10.1 Å². The number of ether oxygens (including phenoxy) is 1. The molecule has 112 valence electrons. The third-order valence-electron chi connectivity index (χ3n) is 2.57. The average molecular weight is 291 g/mol. The van der Waals surface area contributed by atoms with Crippen LogP contribution in [0.5, 0.6) is 5.75 Å². The van der Waals surface area contributed by atoms with Gasteiger partial charge in [0.15, 0.2) is 5.82 Å². The molecule has 0 spiro atoms. The first-order chi connectivity index (χ1) is 9.94. The molecule has 2 rings (SSSR count). The minimum Gasteiger partial charge on any atom is -0.491 e. The Labute approximate surface area is 121 Å². The molecule has 0 aliphatic rings.